The Kier molecular flexibility index (Phi) is 6.52. The van der Waals surface area contributed by atoms with Crippen LogP contribution in [0.1, 0.15) is 39.0 Å². The van der Waals surface area contributed by atoms with E-state index in [0.29, 0.717) is 6.04 Å². The van der Waals surface area contributed by atoms with Crippen molar-refractivity contribution in [1.82, 2.24) is 9.80 Å². The summed E-state index contributed by atoms with van der Waals surface area (Å²) in [7, 11) is 2.13. The van der Waals surface area contributed by atoms with Crippen LogP contribution in [0.4, 0.5) is 0 Å². The third kappa shape index (κ3) is 5.50. The fraction of sp³-hybridized carbons (Fsp3) is 0.923. The molecule has 0 aromatic heterocycles. The number of carboxylic acid groups (broad SMARTS) is 1. The van der Waals surface area contributed by atoms with E-state index in [0.717, 1.165) is 19.5 Å². The molecule has 1 N–H and O–H groups in total. The van der Waals surface area contributed by atoms with Crippen LogP contribution in [0.25, 0.3) is 0 Å². The molecule has 1 fully saturated rings. The van der Waals surface area contributed by atoms with Crippen molar-refractivity contribution < 1.29 is 9.90 Å². The quantitative estimate of drug-likeness (QED) is 0.769. The number of carbonyl (C=O) groups is 1. The number of rotatable bonds is 6. The molecule has 17 heavy (non-hydrogen) atoms. The molecule has 1 rings (SSSR count). The fourth-order valence-electron chi connectivity index (χ4n) is 2.56. The first kappa shape index (κ1) is 14.5. The Morgan fingerprint density at radius 2 is 2.18 bits per heavy atom. The van der Waals surface area contributed by atoms with E-state index in [4.69, 9.17) is 5.11 Å². The van der Waals surface area contributed by atoms with Gasteiger partial charge in [0.15, 0.2) is 0 Å². The number of aliphatic carboxylic acids is 1. The maximum Gasteiger partial charge on any atom is 0.303 e. The first-order chi connectivity index (χ1) is 8.13. The van der Waals surface area contributed by atoms with Gasteiger partial charge in [-0.2, -0.15) is 0 Å². The van der Waals surface area contributed by atoms with Gasteiger partial charge in [-0.05, 0) is 58.9 Å². The van der Waals surface area contributed by atoms with Crippen LogP contribution in [0.3, 0.4) is 0 Å². The monoisotopic (exact) mass is 242 g/mol. The van der Waals surface area contributed by atoms with E-state index < -0.39 is 5.97 Å². The van der Waals surface area contributed by atoms with Crippen LogP contribution >= 0.6 is 0 Å². The van der Waals surface area contributed by atoms with Crippen molar-refractivity contribution in [2.75, 3.05) is 33.2 Å². The fourth-order valence-corrected chi connectivity index (χ4v) is 2.56. The normalized spacial score (nSPS) is 22.6. The van der Waals surface area contributed by atoms with Gasteiger partial charge in [0.05, 0.1) is 0 Å². The van der Waals surface area contributed by atoms with Crippen LogP contribution < -0.4 is 0 Å². The zero-order valence-corrected chi connectivity index (χ0v) is 11.2. The minimum Gasteiger partial charge on any atom is -0.481 e. The van der Waals surface area contributed by atoms with Gasteiger partial charge in [0.2, 0.25) is 0 Å². The molecule has 0 saturated carbocycles. The summed E-state index contributed by atoms with van der Waals surface area (Å²) >= 11 is 0. The summed E-state index contributed by atoms with van der Waals surface area (Å²) in [4.78, 5) is 15.3. The predicted octanol–water partition coefficient (Wildman–Crippen LogP) is 1.66. The van der Waals surface area contributed by atoms with Crippen molar-refractivity contribution in [3.8, 4) is 0 Å². The van der Waals surface area contributed by atoms with Gasteiger partial charge in [0.25, 0.3) is 0 Å². The van der Waals surface area contributed by atoms with Crippen molar-refractivity contribution in [3.05, 3.63) is 0 Å². The summed E-state index contributed by atoms with van der Waals surface area (Å²) in [5.41, 5.74) is 0. The molecule has 1 atom stereocenters. The Morgan fingerprint density at radius 3 is 2.82 bits per heavy atom. The zero-order chi connectivity index (χ0) is 12.7. The van der Waals surface area contributed by atoms with Gasteiger partial charge in [-0.3, -0.25) is 4.79 Å². The first-order valence-corrected chi connectivity index (χ1v) is 6.78. The molecule has 1 aliphatic heterocycles. The van der Waals surface area contributed by atoms with Crippen molar-refractivity contribution in [2.45, 2.75) is 45.1 Å². The molecule has 0 aromatic carbocycles. The average Bonchev–Trinajstić information content (AvgIpc) is 2.53. The van der Waals surface area contributed by atoms with Crippen LogP contribution in [-0.4, -0.2) is 60.1 Å². The maximum absolute atomic E-state index is 10.5. The van der Waals surface area contributed by atoms with Gasteiger partial charge >= 0.3 is 5.97 Å². The van der Waals surface area contributed by atoms with Crippen LogP contribution in [-0.2, 0) is 4.79 Å². The van der Waals surface area contributed by atoms with Gasteiger partial charge in [-0.15, -0.1) is 0 Å². The number of nitrogens with zero attached hydrogens (tertiary/aromatic N) is 2. The molecule has 1 heterocycles. The molecular formula is C13H26N2O2. The molecule has 1 aliphatic rings. The molecule has 0 amide bonds. The van der Waals surface area contributed by atoms with Gasteiger partial charge in [-0.1, -0.05) is 6.92 Å². The molecule has 0 aromatic rings. The second-order valence-electron chi connectivity index (χ2n) is 5.00. The Hall–Kier alpha value is -0.610. The summed E-state index contributed by atoms with van der Waals surface area (Å²) < 4.78 is 0. The number of likely N-dealkylation sites (tertiary alicyclic amines) is 1. The van der Waals surface area contributed by atoms with E-state index in [-0.39, 0.29) is 6.42 Å². The van der Waals surface area contributed by atoms with Crippen molar-refractivity contribution >= 4 is 5.97 Å². The Labute approximate surface area is 105 Å². The lowest BCUT2D eigenvalue weighted by Gasteiger charge is -2.27. The molecule has 1 unspecified atom stereocenters. The van der Waals surface area contributed by atoms with Crippen molar-refractivity contribution in [1.29, 1.82) is 0 Å². The van der Waals surface area contributed by atoms with Crippen LogP contribution in [0.2, 0.25) is 0 Å². The summed E-state index contributed by atoms with van der Waals surface area (Å²) in [6.45, 7) is 6.68. The van der Waals surface area contributed by atoms with Crippen molar-refractivity contribution in [2.24, 2.45) is 0 Å². The van der Waals surface area contributed by atoms with E-state index in [1.54, 1.807) is 0 Å². The second-order valence-corrected chi connectivity index (χ2v) is 5.00. The molecule has 0 spiro atoms. The summed E-state index contributed by atoms with van der Waals surface area (Å²) in [5, 5.41) is 8.62. The Balaban J connectivity index is 2.26. The number of hydrogen-bond acceptors (Lipinski definition) is 3. The maximum atomic E-state index is 10.5. The molecule has 100 valence electrons. The lowest BCUT2D eigenvalue weighted by atomic mass is 10.1. The van der Waals surface area contributed by atoms with Gasteiger partial charge in [-0.25, -0.2) is 0 Å². The first-order valence-electron chi connectivity index (χ1n) is 6.78. The summed E-state index contributed by atoms with van der Waals surface area (Å²) in [5.74, 6) is -0.684. The number of hydrogen-bond donors (Lipinski definition) is 1. The van der Waals surface area contributed by atoms with E-state index in [9.17, 15) is 4.79 Å². The number of carboxylic acids is 1. The standard InChI is InChI=1S/C13H26N2O2/c1-3-15-10-4-6-12(8-11-15)14(2)9-5-7-13(16)17/h12H,3-11H2,1-2H3,(H,16,17). The summed E-state index contributed by atoms with van der Waals surface area (Å²) in [6.07, 6.45) is 4.79. The Bertz CT molecular complexity index is 233. The summed E-state index contributed by atoms with van der Waals surface area (Å²) in [6, 6.07) is 0.639. The molecular weight excluding hydrogens is 216 g/mol. The second kappa shape index (κ2) is 7.67. The van der Waals surface area contributed by atoms with Crippen LogP contribution in [0.5, 0.6) is 0 Å². The molecule has 0 radical (unpaired) electrons. The van der Waals surface area contributed by atoms with Crippen LogP contribution in [0.15, 0.2) is 0 Å². The minimum atomic E-state index is -0.684. The Morgan fingerprint density at radius 1 is 1.41 bits per heavy atom. The smallest absolute Gasteiger partial charge is 0.303 e. The highest BCUT2D eigenvalue weighted by atomic mass is 16.4. The highest BCUT2D eigenvalue weighted by molar-refractivity contribution is 5.66. The average molecular weight is 242 g/mol. The molecule has 0 aliphatic carbocycles. The minimum absolute atomic E-state index is 0.290. The third-order valence-electron chi connectivity index (χ3n) is 3.76. The molecule has 0 bridgehead atoms. The van der Waals surface area contributed by atoms with E-state index in [2.05, 4.69) is 23.8 Å². The van der Waals surface area contributed by atoms with Gasteiger partial charge in [0.1, 0.15) is 0 Å². The van der Waals surface area contributed by atoms with E-state index in [1.807, 2.05) is 0 Å². The van der Waals surface area contributed by atoms with Gasteiger partial charge in [0, 0.05) is 12.5 Å². The third-order valence-corrected chi connectivity index (χ3v) is 3.76. The lowest BCUT2D eigenvalue weighted by molar-refractivity contribution is -0.137. The topological polar surface area (TPSA) is 43.8 Å². The molecule has 4 heteroatoms. The van der Waals surface area contributed by atoms with Crippen LogP contribution in [0, 0.1) is 0 Å². The zero-order valence-electron chi connectivity index (χ0n) is 11.2. The van der Waals surface area contributed by atoms with E-state index in [1.165, 1.54) is 32.4 Å². The highest BCUT2D eigenvalue weighted by Crippen LogP contribution is 2.16. The lowest BCUT2D eigenvalue weighted by Crippen LogP contribution is -2.34. The SMILES string of the molecule is CCN1CCCC(N(C)CCCC(=O)O)CC1. The highest BCUT2D eigenvalue weighted by Gasteiger charge is 2.19. The van der Waals surface area contributed by atoms with E-state index >= 15 is 0 Å². The largest absolute Gasteiger partial charge is 0.481 e. The molecule has 4 nitrogen and oxygen atoms in total. The predicted molar refractivity (Wildman–Crippen MR) is 69.3 cm³/mol. The molecule has 1 saturated heterocycles. The van der Waals surface area contributed by atoms with Gasteiger partial charge < -0.3 is 14.9 Å². The van der Waals surface area contributed by atoms with Crippen molar-refractivity contribution in [3.63, 3.8) is 0 Å².